The third kappa shape index (κ3) is 3.77. The van der Waals surface area contributed by atoms with Crippen LogP contribution in [0.3, 0.4) is 0 Å². The monoisotopic (exact) mass is 185 g/mol. The average Bonchev–Trinajstić information content (AvgIpc) is 2.19. The lowest BCUT2D eigenvalue weighted by Gasteiger charge is -2.20. The molecule has 1 fully saturated rings. The predicted molar refractivity (Wildman–Crippen MR) is 51.5 cm³/mol. The van der Waals surface area contributed by atoms with E-state index in [2.05, 4.69) is 5.32 Å². The van der Waals surface area contributed by atoms with Crippen LogP contribution in [0.2, 0.25) is 0 Å². The van der Waals surface area contributed by atoms with Crippen molar-refractivity contribution in [2.24, 2.45) is 5.92 Å². The van der Waals surface area contributed by atoms with E-state index in [1.165, 1.54) is 19.3 Å². The fourth-order valence-corrected chi connectivity index (χ4v) is 1.79. The maximum Gasteiger partial charge on any atom is 0.223 e. The lowest BCUT2D eigenvalue weighted by Crippen LogP contribution is -2.33. The molecule has 76 valence electrons. The van der Waals surface area contributed by atoms with E-state index in [-0.39, 0.29) is 11.8 Å². The minimum absolute atomic E-state index is 0.219. The SMILES string of the molecule is COCCNC(=O)C1CCCCC1. The van der Waals surface area contributed by atoms with E-state index in [4.69, 9.17) is 4.74 Å². The molecule has 0 bridgehead atoms. The van der Waals surface area contributed by atoms with Gasteiger partial charge in [0.05, 0.1) is 6.61 Å². The Kier molecular flexibility index (Phi) is 4.83. The maximum absolute atomic E-state index is 11.5. The Morgan fingerprint density at radius 2 is 2.08 bits per heavy atom. The van der Waals surface area contributed by atoms with Gasteiger partial charge in [0.15, 0.2) is 0 Å². The third-order valence-corrected chi connectivity index (χ3v) is 2.58. The van der Waals surface area contributed by atoms with Crippen molar-refractivity contribution >= 4 is 5.91 Å². The van der Waals surface area contributed by atoms with Gasteiger partial charge in [0, 0.05) is 19.6 Å². The molecule has 0 radical (unpaired) electrons. The van der Waals surface area contributed by atoms with Crippen molar-refractivity contribution in [3.8, 4) is 0 Å². The van der Waals surface area contributed by atoms with Crippen molar-refractivity contribution in [2.45, 2.75) is 32.1 Å². The fraction of sp³-hybridized carbons (Fsp3) is 0.900. The van der Waals surface area contributed by atoms with Crippen molar-refractivity contribution in [1.82, 2.24) is 5.32 Å². The lowest BCUT2D eigenvalue weighted by atomic mass is 9.89. The molecule has 0 heterocycles. The summed E-state index contributed by atoms with van der Waals surface area (Å²) in [5, 5.41) is 2.89. The van der Waals surface area contributed by atoms with Crippen LogP contribution >= 0.6 is 0 Å². The third-order valence-electron chi connectivity index (χ3n) is 2.58. The lowest BCUT2D eigenvalue weighted by molar-refractivity contribution is -0.126. The van der Waals surface area contributed by atoms with E-state index >= 15 is 0 Å². The summed E-state index contributed by atoms with van der Waals surface area (Å²) in [7, 11) is 1.65. The van der Waals surface area contributed by atoms with Crippen LogP contribution < -0.4 is 5.32 Å². The molecule has 0 aromatic heterocycles. The molecule has 1 rings (SSSR count). The predicted octanol–water partition coefficient (Wildman–Crippen LogP) is 1.33. The normalized spacial score (nSPS) is 18.5. The highest BCUT2D eigenvalue weighted by molar-refractivity contribution is 5.78. The molecule has 1 aliphatic rings. The molecule has 1 N–H and O–H groups in total. The smallest absolute Gasteiger partial charge is 0.223 e. The first-order chi connectivity index (χ1) is 6.34. The van der Waals surface area contributed by atoms with Gasteiger partial charge in [0.25, 0.3) is 0 Å². The van der Waals surface area contributed by atoms with Gasteiger partial charge in [-0.05, 0) is 12.8 Å². The van der Waals surface area contributed by atoms with Gasteiger partial charge in [-0.15, -0.1) is 0 Å². The first-order valence-corrected chi connectivity index (χ1v) is 5.11. The largest absolute Gasteiger partial charge is 0.383 e. The van der Waals surface area contributed by atoms with Crippen LogP contribution in [0.15, 0.2) is 0 Å². The molecule has 1 saturated carbocycles. The van der Waals surface area contributed by atoms with Gasteiger partial charge in [-0.1, -0.05) is 19.3 Å². The molecule has 1 aliphatic carbocycles. The van der Waals surface area contributed by atoms with Crippen LogP contribution in [-0.2, 0) is 9.53 Å². The summed E-state index contributed by atoms with van der Waals surface area (Å²) in [4.78, 5) is 11.5. The zero-order chi connectivity index (χ0) is 9.52. The second-order valence-electron chi connectivity index (χ2n) is 3.62. The van der Waals surface area contributed by atoms with Gasteiger partial charge in [-0.2, -0.15) is 0 Å². The fourth-order valence-electron chi connectivity index (χ4n) is 1.79. The molecule has 0 unspecified atom stereocenters. The van der Waals surface area contributed by atoms with Crippen molar-refractivity contribution in [2.75, 3.05) is 20.3 Å². The van der Waals surface area contributed by atoms with Gasteiger partial charge in [0.2, 0.25) is 5.91 Å². The van der Waals surface area contributed by atoms with Gasteiger partial charge in [-0.25, -0.2) is 0 Å². The standard InChI is InChI=1S/C10H19NO2/c1-13-8-7-11-10(12)9-5-3-2-4-6-9/h9H,2-8H2,1H3,(H,11,12). The molecule has 0 atom stereocenters. The van der Waals surface area contributed by atoms with Crippen molar-refractivity contribution in [3.63, 3.8) is 0 Å². The highest BCUT2D eigenvalue weighted by atomic mass is 16.5. The second-order valence-corrected chi connectivity index (χ2v) is 3.62. The average molecular weight is 185 g/mol. The first kappa shape index (κ1) is 10.5. The van der Waals surface area contributed by atoms with Gasteiger partial charge in [-0.3, -0.25) is 4.79 Å². The van der Waals surface area contributed by atoms with E-state index in [0.717, 1.165) is 12.8 Å². The highest BCUT2D eigenvalue weighted by Gasteiger charge is 2.20. The Bertz CT molecular complexity index is 153. The number of ether oxygens (including phenoxy) is 1. The summed E-state index contributed by atoms with van der Waals surface area (Å²) in [6.07, 6.45) is 5.85. The molecular weight excluding hydrogens is 166 g/mol. The topological polar surface area (TPSA) is 38.3 Å². The number of hydrogen-bond donors (Lipinski definition) is 1. The molecule has 0 aliphatic heterocycles. The molecule has 0 spiro atoms. The number of methoxy groups -OCH3 is 1. The maximum atomic E-state index is 11.5. The van der Waals surface area contributed by atoms with Crippen LogP contribution in [0.5, 0.6) is 0 Å². The molecule has 3 nitrogen and oxygen atoms in total. The zero-order valence-corrected chi connectivity index (χ0v) is 8.34. The summed E-state index contributed by atoms with van der Waals surface area (Å²) in [6.45, 7) is 1.25. The Morgan fingerprint density at radius 1 is 1.38 bits per heavy atom. The number of carbonyl (C=O) groups is 1. The van der Waals surface area contributed by atoms with Crippen LogP contribution in [0.1, 0.15) is 32.1 Å². The summed E-state index contributed by atoms with van der Waals surface area (Å²) < 4.78 is 4.86. The number of nitrogens with one attached hydrogen (secondary N) is 1. The van der Waals surface area contributed by atoms with E-state index in [1.54, 1.807) is 7.11 Å². The Hall–Kier alpha value is -0.570. The number of hydrogen-bond acceptors (Lipinski definition) is 2. The molecule has 0 aromatic carbocycles. The van der Waals surface area contributed by atoms with Crippen LogP contribution in [0.25, 0.3) is 0 Å². The Balaban J connectivity index is 2.13. The van der Waals surface area contributed by atoms with E-state index in [1.807, 2.05) is 0 Å². The Morgan fingerprint density at radius 3 is 2.69 bits per heavy atom. The highest BCUT2D eigenvalue weighted by Crippen LogP contribution is 2.23. The van der Waals surface area contributed by atoms with Gasteiger partial charge in [0.1, 0.15) is 0 Å². The van der Waals surface area contributed by atoms with Crippen molar-refractivity contribution < 1.29 is 9.53 Å². The van der Waals surface area contributed by atoms with E-state index in [0.29, 0.717) is 13.2 Å². The first-order valence-electron chi connectivity index (χ1n) is 5.11. The van der Waals surface area contributed by atoms with Crippen LogP contribution in [-0.4, -0.2) is 26.2 Å². The summed E-state index contributed by atoms with van der Waals surface area (Å²) in [5.41, 5.74) is 0. The van der Waals surface area contributed by atoms with Crippen LogP contribution in [0.4, 0.5) is 0 Å². The minimum atomic E-state index is 0.219. The molecule has 1 amide bonds. The van der Waals surface area contributed by atoms with Gasteiger partial charge < -0.3 is 10.1 Å². The molecular formula is C10H19NO2. The summed E-state index contributed by atoms with van der Waals surface area (Å²) in [6, 6.07) is 0. The molecule has 13 heavy (non-hydrogen) atoms. The number of rotatable bonds is 4. The minimum Gasteiger partial charge on any atom is -0.383 e. The zero-order valence-electron chi connectivity index (χ0n) is 8.34. The summed E-state index contributed by atoms with van der Waals surface area (Å²) >= 11 is 0. The quantitative estimate of drug-likeness (QED) is 0.671. The summed E-state index contributed by atoms with van der Waals surface area (Å²) in [5.74, 6) is 0.488. The van der Waals surface area contributed by atoms with Crippen molar-refractivity contribution in [3.05, 3.63) is 0 Å². The molecule has 3 heteroatoms. The number of carbonyl (C=O) groups excluding carboxylic acids is 1. The van der Waals surface area contributed by atoms with Crippen LogP contribution in [0, 0.1) is 5.92 Å². The number of amides is 1. The molecule has 0 saturated heterocycles. The van der Waals surface area contributed by atoms with E-state index in [9.17, 15) is 4.79 Å². The van der Waals surface area contributed by atoms with Crippen molar-refractivity contribution in [1.29, 1.82) is 0 Å². The Labute approximate surface area is 79.8 Å². The van der Waals surface area contributed by atoms with E-state index < -0.39 is 0 Å². The van der Waals surface area contributed by atoms with Gasteiger partial charge >= 0.3 is 0 Å². The molecule has 0 aromatic rings. The second kappa shape index (κ2) is 5.97.